The van der Waals surface area contributed by atoms with Crippen LogP contribution in [0.3, 0.4) is 0 Å². The summed E-state index contributed by atoms with van der Waals surface area (Å²) in [5.41, 5.74) is 6.76. The van der Waals surface area contributed by atoms with Crippen LogP contribution in [-0.4, -0.2) is 0 Å². The summed E-state index contributed by atoms with van der Waals surface area (Å²) in [6, 6.07) is 14.9. The Hall–Kier alpha value is -1.53. The molecule has 0 heterocycles. The van der Waals surface area contributed by atoms with Crippen molar-refractivity contribution in [1.29, 1.82) is 0 Å². The Morgan fingerprint density at radius 2 is 1.67 bits per heavy atom. The zero-order valence-electron chi connectivity index (χ0n) is 10.4. The van der Waals surface area contributed by atoms with Crippen LogP contribution in [0, 0.1) is 0 Å². The van der Waals surface area contributed by atoms with Gasteiger partial charge in [0.15, 0.2) is 0 Å². The average Bonchev–Trinajstić information content (AvgIpc) is 2.54. The van der Waals surface area contributed by atoms with Gasteiger partial charge in [0.05, 0.1) is 0 Å². The Balaban J connectivity index is 2.27. The van der Waals surface area contributed by atoms with Gasteiger partial charge in [-0.25, -0.2) is 0 Å². The first-order valence-corrected chi connectivity index (χ1v) is 6.71. The second-order valence-electron chi connectivity index (χ2n) is 4.66. The number of hydrogen-bond donors (Lipinski definition) is 0. The second-order valence-corrected chi connectivity index (χ2v) is 5.10. The quantitative estimate of drug-likeness (QED) is 0.628. The van der Waals surface area contributed by atoms with E-state index in [1.165, 1.54) is 27.8 Å². The number of halogens is 1. The SMILES string of the molecule is C/C=C1\c2ccccc2CCc2ccc(Cl)cc21. The number of rotatable bonds is 0. The molecule has 0 unspecified atom stereocenters. The predicted octanol–water partition coefficient (Wildman–Crippen LogP) is 4.89. The lowest BCUT2D eigenvalue weighted by Gasteiger charge is -2.11. The molecule has 1 aliphatic rings. The van der Waals surface area contributed by atoms with Gasteiger partial charge in [-0.15, -0.1) is 0 Å². The fraction of sp³-hybridized carbons (Fsp3) is 0.176. The summed E-state index contributed by atoms with van der Waals surface area (Å²) in [6.45, 7) is 2.10. The molecule has 2 aromatic carbocycles. The molecular formula is C17H15Cl. The zero-order valence-corrected chi connectivity index (χ0v) is 11.2. The highest BCUT2D eigenvalue weighted by Crippen LogP contribution is 2.34. The third kappa shape index (κ3) is 1.87. The van der Waals surface area contributed by atoms with E-state index in [0.29, 0.717) is 0 Å². The number of aryl methyl sites for hydroxylation is 2. The predicted molar refractivity (Wildman–Crippen MR) is 78.1 cm³/mol. The van der Waals surface area contributed by atoms with E-state index in [-0.39, 0.29) is 0 Å². The zero-order chi connectivity index (χ0) is 12.5. The molecule has 0 amide bonds. The molecule has 0 spiro atoms. The first kappa shape index (κ1) is 11.6. The van der Waals surface area contributed by atoms with Crippen molar-refractivity contribution in [2.45, 2.75) is 19.8 Å². The van der Waals surface area contributed by atoms with Gasteiger partial charge in [-0.3, -0.25) is 0 Å². The Morgan fingerprint density at radius 1 is 0.944 bits per heavy atom. The molecular weight excluding hydrogens is 240 g/mol. The van der Waals surface area contributed by atoms with Crippen LogP contribution in [0.4, 0.5) is 0 Å². The molecule has 0 radical (unpaired) electrons. The van der Waals surface area contributed by atoms with E-state index in [0.717, 1.165) is 17.9 Å². The lowest BCUT2D eigenvalue weighted by molar-refractivity contribution is 0.965. The van der Waals surface area contributed by atoms with E-state index < -0.39 is 0 Å². The van der Waals surface area contributed by atoms with Gasteiger partial charge in [0.1, 0.15) is 0 Å². The molecule has 0 bridgehead atoms. The lowest BCUT2D eigenvalue weighted by atomic mass is 9.94. The standard InChI is InChI=1S/C17H15Cl/c1-2-15-16-6-4-3-5-12(16)7-8-13-9-10-14(18)11-17(13)15/h2-6,9-11H,7-8H2,1H3/b15-2+. The van der Waals surface area contributed by atoms with Crippen LogP contribution in [0.1, 0.15) is 29.2 Å². The molecule has 90 valence electrons. The summed E-state index contributed by atoms with van der Waals surface area (Å²) in [5, 5.41) is 0.812. The van der Waals surface area contributed by atoms with Crippen LogP contribution < -0.4 is 0 Å². The smallest absolute Gasteiger partial charge is 0.0412 e. The molecule has 0 fully saturated rings. The highest BCUT2D eigenvalue weighted by atomic mass is 35.5. The van der Waals surface area contributed by atoms with Crippen molar-refractivity contribution < 1.29 is 0 Å². The van der Waals surface area contributed by atoms with Gasteiger partial charge in [0, 0.05) is 5.02 Å². The summed E-state index contributed by atoms with van der Waals surface area (Å²) in [4.78, 5) is 0. The molecule has 0 aliphatic heterocycles. The largest absolute Gasteiger partial charge is 0.0843 e. The van der Waals surface area contributed by atoms with Crippen molar-refractivity contribution in [2.75, 3.05) is 0 Å². The molecule has 3 rings (SSSR count). The van der Waals surface area contributed by atoms with Gasteiger partial charge in [-0.05, 0) is 59.7 Å². The van der Waals surface area contributed by atoms with E-state index in [1.54, 1.807) is 0 Å². The van der Waals surface area contributed by atoms with Crippen LogP contribution in [0.2, 0.25) is 5.02 Å². The molecule has 0 aromatic heterocycles. The Kier molecular flexibility index (Phi) is 2.97. The molecule has 0 saturated carbocycles. The molecule has 2 aromatic rings. The van der Waals surface area contributed by atoms with Crippen molar-refractivity contribution in [1.82, 2.24) is 0 Å². The molecule has 0 nitrogen and oxygen atoms in total. The minimum Gasteiger partial charge on any atom is -0.0843 e. The number of hydrogen-bond acceptors (Lipinski definition) is 0. The van der Waals surface area contributed by atoms with Gasteiger partial charge < -0.3 is 0 Å². The average molecular weight is 255 g/mol. The van der Waals surface area contributed by atoms with Crippen molar-refractivity contribution in [3.05, 3.63) is 75.8 Å². The first-order valence-electron chi connectivity index (χ1n) is 6.33. The molecule has 0 atom stereocenters. The fourth-order valence-corrected chi connectivity index (χ4v) is 2.92. The fourth-order valence-electron chi connectivity index (χ4n) is 2.74. The first-order chi connectivity index (χ1) is 8.79. The Labute approximate surface area is 113 Å². The maximum Gasteiger partial charge on any atom is 0.0412 e. The minimum atomic E-state index is 0.812. The monoisotopic (exact) mass is 254 g/mol. The van der Waals surface area contributed by atoms with Gasteiger partial charge in [0.2, 0.25) is 0 Å². The van der Waals surface area contributed by atoms with Crippen LogP contribution >= 0.6 is 11.6 Å². The third-order valence-corrected chi connectivity index (χ3v) is 3.86. The molecule has 0 N–H and O–H groups in total. The maximum atomic E-state index is 6.15. The third-order valence-electron chi connectivity index (χ3n) is 3.62. The van der Waals surface area contributed by atoms with E-state index in [4.69, 9.17) is 11.6 Å². The van der Waals surface area contributed by atoms with Gasteiger partial charge in [-0.1, -0.05) is 48.0 Å². The van der Waals surface area contributed by atoms with Gasteiger partial charge in [0.25, 0.3) is 0 Å². The highest BCUT2D eigenvalue weighted by molar-refractivity contribution is 6.30. The van der Waals surface area contributed by atoms with E-state index in [9.17, 15) is 0 Å². The normalized spacial score (nSPS) is 16.0. The summed E-state index contributed by atoms with van der Waals surface area (Å²) in [5.74, 6) is 0. The van der Waals surface area contributed by atoms with Crippen molar-refractivity contribution in [3.8, 4) is 0 Å². The van der Waals surface area contributed by atoms with Crippen LogP contribution in [0.25, 0.3) is 5.57 Å². The highest BCUT2D eigenvalue weighted by Gasteiger charge is 2.17. The van der Waals surface area contributed by atoms with Gasteiger partial charge in [-0.2, -0.15) is 0 Å². The number of fused-ring (bicyclic) bond motifs is 2. The molecule has 1 heteroatoms. The van der Waals surface area contributed by atoms with E-state index >= 15 is 0 Å². The van der Waals surface area contributed by atoms with Crippen LogP contribution in [-0.2, 0) is 12.8 Å². The number of allylic oxidation sites excluding steroid dienone is 1. The summed E-state index contributed by atoms with van der Waals surface area (Å²) < 4.78 is 0. The summed E-state index contributed by atoms with van der Waals surface area (Å²) in [6.07, 6.45) is 4.38. The van der Waals surface area contributed by atoms with Crippen molar-refractivity contribution in [3.63, 3.8) is 0 Å². The van der Waals surface area contributed by atoms with Crippen LogP contribution in [0.5, 0.6) is 0 Å². The second kappa shape index (κ2) is 4.62. The number of benzene rings is 2. The lowest BCUT2D eigenvalue weighted by Crippen LogP contribution is -1.91. The summed E-state index contributed by atoms with van der Waals surface area (Å²) >= 11 is 6.15. The molecule has 1 aliphatic carbocycles. The van der Waals surface area contributed by atoms with Gasteiger partial charge >= 0.3 is 0 Å². The molecule has 18 heavy (non-hydrogen) atoms. The minimum absolute atomic E-state index is 0.812. The topological polar surface area (TPSA) is 0 Å². The maximum absolute atomic E-state index is 6.15. The Bertz CT molecular complexity index is 623. The summed E-state index contributed by atoms with van der Waals surface area (Å²) in [7, 11) is 0. The molecule has 0 saturated heterocycles. The van der Waals surface area contributed by atoms with E-state index in [1.807, 2.05) is 6.07 Å². The van der Waals surface area contributed by atoms with E-state index in [2.05, 4.69) is 49.4 Å². The Morgan fingerprint density at radius 3 is 2.44 bits per heavy atom. The van der Waals surface area contributed by atoms with Crippen molar-refractivity contribution >= 4 is 17.2 Å². The van der Waals surface area contributed by atoms with Crippen molar-refractivity contribution in [2.24, 2.45) is 0 Å². The van der Waals surface area contributed by atoms with Crippen LogP contribution in [0.15, 0.2) is 48.5 Å².